The maximum absolute atomic E-state index is 12.2. The van der Waals surface area contributed by atoms with Crippen LogP contribution in [-0.2, 0) is 24.5 Å². The molecule has 0 saturated heterocycles. The lowest BCUT2D eigenvalue weighted by molar-refractivity contribution is -0.154. The monoisotopic (exact) mass is 404 g/mol. The number of hydrogen-bond acceptors (Lipinski definition) is 5. The maximum Gasteiger partial charge on any atom is 0.324 e. The standard InChI is InChI=1S/C24H36O5/c1-8-28-22(27)21(17(2)25)20(26)10-9-15-29-19-13-11-18(12-14-19)24(6,7)16-23(3,4)5/h11-14,21H,8-10,15-16H2,1-7H3. The second kappa shape index (κ2) is 10.6. The van der Waals surface area contributed by atoms with Gasteiger partial charge >= 0.3 is 5.97 Å². The fourth-order valence-electron chi connectivity index (χ4n) is 3.76. The smallest absolute Gasteiger partial charge is 0.324 e. The van der Waals surface area contributed by atoms with Crippen LogP contribution in [0.5, 0.6) is 5.75 Å². The van der Waals surface area contributed by atoms with E-state index >= 15 is 0 Å². The van der Waals surface area contributed by atoms with Crippen molar-refractivity contribution in [2.45, 2.75) is 73.1 Å². The van der Waals surface area contributed by atoms with Crippen LogP contribution in [0.1, 0.15) is 73.3 Å². The Bertz CT molecular complexity index is 695. The highest BCUT2D eigenvalue weighted by atomic mass is 16.5. The molecule has 0 heterocycles. The molecule has 1 aromatic carbocycles. The average molecular weight is 405 g/mol. The van der Waals surface area contributed by atoms with Gasteiger partial charge in [0.2, 0.25) is 0 Å². The van der Waals surface area contributed by atoms with Gasteiger partial charge in [-0.25, -0.2) is 0 Å². The Balaban J connectivity index is 2.55. The van der Waals surface area contributed by atoms with Gasteiger partial charge in [-0.1, -0.05) is 46.8 Å². The minimum Gasteiger partial charge on any atom is -0.494 e. The molecule has 1 aromatic rings. The fraction of sp³-hybridized carbons (Fsp3) is 0.625. The van der Waals surface area contributed by atoms with E-state index in [4.69, 9.17) is 9.47 Å². The van der Waals surface area contributed by atoms with Crippen LogP contribution < -0.4 is 4.74 Å². The van der Waals surface area contributed by atoms with E-state index in [0.29, 0.717) is 13.0 Å². The van der Waals surface area contributed by atoms with Crippen molar-refractivity contribution >= 4 is 17.5 Å². The second-order valence-electron chi connectivity index (χ2n) is 9.36. The molecule has 1 unspecified atom stereocenters. The lowest BCUT2D eigenvalue weighted by Gasteiger charge is -2.33. The molecular weight excluding hydrogens is 368 g/mol. The van der Waals surface area contributed by atoms with Crippen molar-refractivity contribution < 1.29 is 23.9 Å². The van der Waals surface area contributed by atoms with Crippen LogP contribution in [0.3, 0.4) is 0 Å². The number of ether oxygens (including phenoxy) is 2. The summed E-state index contributed by atoms with van der Waals surface area (Å²) in [6.45, 7) is 14.6. The second-order valence-corrected chi connectivity index (χ2v) is 9.36. The first-order chi connectivity index (χ1) is 13.4. The van der Waals surface area contributed by atoms with E-state index in [2.05, 4.69) is 46.8 Å². The van der Waals surface area contributed by atoms with E-state index in [1.807, 2.05) is 12.1 Å². The summed E-state index contributed by atoms with van der Waals surface area (Å²) in [4.78, 5) is 35.6. The van der Waals surface area contributed by atoms with Crippen LogP contribution in [-0.4, -0.2) is 30.7 Å². The Hall–Kier alpha value is -2.17. The normalized spacial score (nSPS) is 12.9. The summed E-state index contributed by atoms with van der Waals surface area (Å²) in [7, 11) is 0. The maximum atomic E-state index is 12.2. The Morgan fingerprint density at radius 3 is 2.07 bits per heavy atom. The third-order valence-corrected chi connectivity index (χ3v) is 4.70. The van der Waals surface area contributed by atoms with Crippen LogP contribution in [0.25, 0.3) is 0 Å². The summed E-state index contributed by atoms with van der Waals surface area (Å²) in [5.41, 5.74) is 1.57. The van der Waals surface area contributed by atoms with E-state index in [-0.39, 0.29) is 23.9 Å². The molecule has 29 heavy (non-hydrogen) atoms. The number of carbonyl (C=O) groups excluding carboxylic acids is 3. The molecule has 0 spiro atoms. The molecule has 5 heteroatoms. The zero-order chi connectivity index (χ0) is 22.2. The molecule has 5 nitrogen and oxygen atoms in total. The third-order valence-electron chi connectivity index (χ3n) is 4.70. The van der Waals surface area contributed by atoms with Gasteiger partial charge in [0.05, 0.1) is 13.2 Å². The zero-order valence-corrected chi connectivity index (χ0v) is 19.0. The predicted molar refractivity (Wildman–Crippen MR) is 114 cm³/mol. The molecule has 0 amide bonds. The van der Waals surface area contributed by atoms with E-state index in [0.717, 1.165) is 12.2 Å². The first-order valence-electron chi connectivity index (χ1n) is 10.3. The molecule has 162 valence electrons. The van der Waals surface area contributed by atoms with Gasteiger partial charge in [-0.05, 0) is 55.2 Å². The van der Waals surface area contributed by atoms with Crippen LogP contribution in [0.4, 0.5) is 0 Å². The molecule has 0 radical (unpaired) electrons. The van der Waals surface area contributed by atoms with Gasteiger partial charge in [-0.2, -0.15) is 0 Å². The molecule has 0 saturated carbocycles. The van der Waals surface area contributed by atoms with Crippen LogP contribution in [0.15, 0.2) is 24.3 Å². The first kappa shape index (κ1) is 24.9. The lowest BCUT2D eigenvalue weighted by atomic mass is 9.72. The van der Waals surface area contributed by atoms with Crippen molar-refractivity contribution in [1.82, 2.24) is 0 Å². The molecule has 0 aliphatic carbocycles. The predicted octanol–water partition coefficient (Wildman–Crippen LogP) is 4.90. The lowest BCUT2D eigenvalue weighted by Crippen LogP contribution is -2.32. The summed E-state index contributed by atoms with van der Waals surface area (Å²) >= 11 is 0. The highest BCUT2D eigenvalue weighted by Crippen LogP contribution is 2.36. The van der Waals surface area contributed by atoms with Gasteiger partial charge in [0.25, 0.3) is 0 Å². The molecule has 0 aliphatic rings. The molecule has 0 aliphatic heterocycles. The number of rotatable bonds is 11. The first-order valence-corrected chi connectivity index (χ1v) is 10.3. The van der Waals surface area contributed by atoms with Crippen molar-refractivity contribution in [1.29, 1.82) is 0 Å². The van der Waals surface area contributed by atoms with Gasteiger partial charge in [-0.3, -0.25) is 14.4 Å². The van der Waals surface area contributed by atoms with E-state index in [1.54, 1.807) is 6.92 Å². The highest BCUT2D eigenvalue weighted by molar-refractivity contribution is 6.16. The largest absolute Gasteiger partial charge is 0.494 e. The highest BCUT2D eigenvalue weighted by Gasteiger charge is 2.31. The molecule has 1 rings (SSSR count). The topological polar surface area (TPSA) is 69.7 Å². The summed E-state index contributed by atoms with van der Waals surface area (Å²) in [5.74, 6) is -2.25. The number of esters is 1. The molecule has 1 atom stereocenters. The Morgan fingerprint density at radius 2 is 1.59 bits per heavy atom. The van der Waals surface area contributed by atoms with Gasteiger partial charge < -0.3 is 9.47 Å². The molecular formula is C24H36O5. The zero-order valence-electron chi connectivity index (χ0n) is 19.0. The number of benzene rings is 1. The summed E-state index contributed by atoms with van der Waals surface area (Å²) in [6, 6.07) is 8.05. The van der Waals surface area contributed by atoms with E-state index in [9.17, 15) is 14.4 Å². The minimum atomic E-state index is -1.32. The van der Waals surface area contributed by atoms with E-state index in [1.165, 1.54) is 12.5 Å². The number of Topliss-reactive ketones (excluding diaryl/α,β-unsaturated/α-hetero) is 2. The quantitative estimate of drug-likeness (QED) is 0.298. The average Bonchev–Trinajstić information content (AvgIpc) is 2.57. The fourth-order valence-corrected chi connectivity index (χ4v) is 3.76. The summed E-state index contributed by atoms with van der Waals surface area (Å²) in [5, 5.41) is 0. The van der Waals surface area contributed by atoms with Crippen LogP contribution >= 0.6 is 0 Å². The third kappa shape index (κ3) is 8.38. The van der Waals surface area contributed by atoms with Gasteiger partial charge in [0.1, 0.15) is 5.75 Å². The molecule has 0 N–H and O–H groups in total. The summed E-state index contributed by atoms with van der Waals surface area (Å²) < 4.78 is 10.5. The minimum absolute atomic E-state index is 0.0675. The van der Waals surface area contributed by atoms with Crippen LogP contribution in [0.2, 0.25) is 0 Å². The molecule has 0 fully saturated rings. The molecule has 0 bridgehead atoms. The summed E-state index contributed by atoms with van der Waals surface area (Å²) in [6.07, 6.45) is 1.60. The van der Waals surface area contributed by atoms with Crippen molar-refractivity contribution in [3.8, 4) is 5.75 Å². The van der Waals surface area contributed by atoms with E-state index < -0.39 is 23.5 Å². The van der Waals surface area contributed by atoms with Crippen molar-refractivity contribution in [2.75, 3.05) is 13.2 Å². The van der Waals surface area contributed by atoms with Gasteiger partial charge in [-0.15, -0.1) is 0 Å². The van der Waals surface area contributed by atoms with Gasteiger partial charge in [0, 0.05) is 6.42 Å². The number of carbonyl (C=O) groups is 3. The van der Waals surface area contributed by atoms with Crippen LogP contribution in [0, 0.1) is 11.3 Å². The van der Waals surface area contributed by atoms with Crippen molar-refractivity contribution in [2.24, 2.45) is 11.3 Å². The number of ketones is 2. The Morgan fingerprint density at radius 1 is 1.00 bits per heavy atom. The number of hydrogen-bond donors (Lipinski definition) is 0. The van der Waals surface area contributed by atoms with Crippen molar-refractivity contribution in [3.63, 3.8) is 0 Å². The van der Waals surface area contributed by atoms with Crippen molar-refractivity contribution in [3.05, 3.63) is 29.8 Å². The Labute approximate surface area is 175 Å². The Kier molecular flexibility index (Phi) is 9.06. The SMILES string of the molecule is CCOC(=O)C(C(C)=O)C(=O)CCCOc1ccc(C(C)(C)CC(C)(C)C)cc1. The molecule has 0 aromatic heterocycles. The van der Waals surface area contributed by atoms with Gasteiger partial charge in [0.15, 0.2) is 17.5 Å².